The van der Waals surface area contributed by atoms with Crippen LogP contribution in [0, 0.1) is 5.92 Å². The minimum absolute atomic E-state index is 0. The van der Waals surface area contributed by atoms with Gasteiger partial charge in [-0.25, -0.2) is 14.7 Å². The SMILES string of the molecule is CC1CN(c2nc(-c3ccnc(C(C)C)c3)ccc2C(=O)NS(=O)(=O)c2cccc(N)n2)C(C)(C)C1.[HH]. The van der Waals surface area contributed by atoms with E-state index in [0.717, 1.165) is 17.7 Å². The van der Waals surface area contributed by atoms with Crippen molar-refractivity contribution in [2.75, 3.05) is 17.2 Å². The van der Waals surface area contributed by atoms with Gasteiger partial charge in [0.15, 0.2) is 5.03 Å². The van der Waals surface area contributed by atoms with E-state index in [1.54, 1.807) is 18.3 Å². The molecule has 0 saturated carbocycles. The Kier molecular flexibility index (Phi) is 6.74. The number of nitrogens with two attached hydrogens (primary N) is 1. The molecule has 1 amide bonds. The first-order valence-electron chi connectivity index (χ1n) is 11.9. The van der Waals surface area contributed by atoms with Crippen molar-refractivity contribution in [2.24, 2.45) is 5.92 Å². The van der Waals surface area contributed by atoms with E-state index in [9.17, 15) is 13.2 Å². The van der Waals surface area contributed by atoms with Gasteiger partial charge in [-0.1, -0.05) is 26.8 Å². The van der Waals surface area contributed by atoms with Crippen molar-refractivity contribution >= 4 is 27.6 Å². The molecule has 0 aromatic carbocycles. The minimum atomic E-state index is -4.23. The topological polar surface area (TPSA) is 131 Å². The van der Waals surface area contributed by atoms with Gasteiger partial charge in [-0.2, -0.15) is 8.42 Å². The number of hydrogen-bond donors (Lipinski definition) is 2. The fourth-order valence-corrected chi connectivity index (χ4v) is 5.63. The van der Waals surface area contributed by atoms with Crippen LogP contribution in [0.2, 0.25) is 0 Å². The molecule has 0 radical (unpaired) electrons. The van der Waals surface area contributed by atoms with E-state index in [1.165, 1.54) is 18.2 Å². The van der Waals surface area contributed by atoms with Crippen LogP contribution >= 0.6 is 0 Å². The Morgan fingerprint density at radius 1 is 1.19 bits per heavy atom. The third-order valence-electron chi connectivity index (χ3n) is 6.36. The van der Waals surface area contributed by atoms with Crippen molar-refractivity contribution in [1.82, 2.24) is 19.7 Å². The van der Waals surface area contributed by atoms with Gasteiger partial charge >= 0.3 is 0 Å². The zero-order valence-electron chi connectivity index (χ0n) is 21.2. The molecule has 36 heavy (non-hydrogen) atoms. The third-order valence-corrected chi connectivity index (χ3v) is 7.60. The number of amides is 1. The maximum atomic E-state index is 13.4. The van der Waals surface area contributed by atoms with Crippen LogP contribution in [0.3, 0.4) is 0 Å². The first-order valence-corrected chi connectivity index (χ1v) is 13.4. The first kappa shape index (κ1) is 25.6. The summed E-state index contributed by atoms with van der Waals surface area (Å²) in [6.07, 6.45) is 2.66. The molecule has 3 N–H and O–H groups in total. The molecule has 1 aliphatic heterocycles. The van der Waals surface area contributed by atoms with Gasteiger partial charge in [0.1, 0.15) is 11.6 Å². The predicted octanol–water partition coefficient (Wildman–Crippen LogP) is 4.23. The molecule has 3 aromatic rings. The zero-order valence-corrected chi connectivity index (χ0v) is 22.0. The van der Waals surface area contributed by atoms with Gasteiger partial charge in [-0.05, 0) is 68.5 Å². The first-order chi connectivity index (χ1) is 16.9. The number of sulfonamides is 1. The van der Waals surface area contributed by atoms with Gasteiger partial charge in [0.25, 0.3) is 15.9 Å². The van der Waals surface area contributed by atoms with E-state index < -0.39 is 15.9 Å². The van der Waals surface area contributed by atoms with Gasteiger partial charge in [0.05, 0.1) is 11.3 Å². The van der Waals surface area contributed by atoms with E-state index in [0.29, 0.717) is 24.0 Å². The van der Waals surface area contributed by atoms with Crippen LogP contribution < -0.4 is 15.4 Å². The molecule has 1 atom stereocenters. The monoisotopic (exact) mass is 510 g/mol. The summed E-state index contributed by atoms with van der Waals surface area (Å²) in [6.45, 7) is 11.2. The summed E-state index contributed by atoms with van der Waals surface area (Å²) in [7, 11) is -4.23. The van der Waals surface area contributed by atoms with Crippen LogP contribution in [-0.2, 0) is 10.0 Å². The lowest BCUT2D eigenvalue weighted by Crippen LogP contribution is -2.41. The highest BCUT2D eigenvalue weighted by atomic mass is 32.2. The average molecular weight is 511 g/mol. The van der Waals surface area contributed by atoms with Crippen LogP contribution in [-0.4, -0.2) is 41.4 Å². The molecule has 0 bridgehead atoms. The molecule has 1 unspecified atom stereocenters. The molecule has 10 heteroatoms. The zero-order chi connectivity index (χ0) is 26.3. The van der Waals surface area contributed by atoms with E-state index in [4.69, 9.17) is 10.7 Å². The van der Waals surface area contributed by atoms with Crippen LogP contribution in [0.4, 0.5) is 11.6 Å². The lowest BCUT2D eigenvalue weighted by Gasteiger charge is -2.34. The second-order valence-electron chi connectivity index (χ2n) is 10.3. The second-order valence-corrected chi connectivity index (χ2v) is 11.9. The summed E-state index contributed by atoms with van der Waals surface area (Å²) in [5.74, 6) is 0.343. The summed E-state index contributed by atoms with van der Waals surface area (Å²) >= 11 is 0. The number of nitrogens with one attached hydrogen (secondary N) is 1. The quantitative estimate of drug-likeness (QED) is 0.504. The fraction of sp³-hybridized carbons (Fsp3) is 0.385. The predicted molar refractivity (Wildman–Crippen MR) is 142 cm³/mol. The molecule has 0 aliphatic carbocycles. The minimum Gasteiger partial charge on any atom is -0.384 e. The summed E-state index contributed by atoms with van der Waals surface area (Å²) < 4.78 is 27.9. The van der Waals surface area contributed by atoms with Crippen LogP contribution in [0.15, 0.2) is 53.7 Å². The van der Waals surface area contributed by atoms with Crippen molar-refractivity contribution < 1.29 is 14.6 Å². The summed E-state index contributed by atoms with van der Waals surface area (Å²) in [5.41, 5.74) is 8.04. The van der Waals surface area contributed by atoms with Gasteiger partial charge in [0.2, 0.25) is 0 Å². The normalized spacial score (nSPS) is 17.4. The molecule has 1 saturated heterocycles. The van der Waals surface area contributed by atoms with Gasteiger partial charge in [0, 0.05) is 31.0 Å². The van der Waals surface area contributed by atoms with E-state index in [1.807, 2.05) is 12.1 Å². The maximum absolute atomic E-state index is 13.4. The Morgan fingerprint density at radius 2 is 1.94 bits per heavy atom. The lowest BCUT2D eigenvalue weighted by atomic mass is 9.97. The number of carbonyl (C=O) groups is 1. The average Bonchev–Trinajstić information content (AvgIpc) is 3.10. The Balaban J connectivity index is 0.00000380. The molecular weight excluding hydrogens is 476 g/mol. The molecule has 4 heterocycles. The number of rotatable bonds is 6. The van der Waals surface area contributed by atoms with Crippen LogP contribution in [0.1, 0.15) is 64.4 Å². The summed E-state index contributed by atoms with van der Waals surface area (Å²) in [6, 6.07) is 11.5. The molecule has 3 aromatic heterocycles. The molecule has 0 spiro atoms. The highest BCUT2D eigenvalue weighted by Crippen LogP contribution is 2.38. The summed E-state index contributed by atoms with van der Waals surface area (Å²) in [4.78, 5) is 28.6. The fourth-order valence-electron chi connectivity index (χ4n) is 4.68. The summed E-state index contributed by atoms with van der Waals surface area (Å²) in [5, 5.41) is -0.324. The number of nitrogen functional groups attached to an aromatic ring is 1. The van der Waals surface area contributed by atoms with Gasteiger partial charge in [-0.15, -0.1) is 0 Å². The Morgan fingerprint density at radius 3 is 2.58 bits per heavy atom. The van der Waals surface area contributed by atoms with Gasteiger partial charge in [-0.3, -0.25) is 9.78 Å². The standard InChI is InChI=1S/C26H32N6O3S.H2/c1-16(2)21-13-18(11-12-28-21)20-10-9-19(24(29-20)32-15-17(3)14-26(32,4)5)25(33)31-36(34,35)23-8-6-7-22(27)30-23;/h6-13,16-17H,14-15H2,1-5H3,(H2,27,30)(H,31,33);1H. The van der Waals surface area contributed by atoms with Crippen LogP contribution in [0.25, 0.3) is 11.3 Å². The maximum Gasteiger partial charge on any atom is 0.281 e. The molecule has 1 fully saturated rings. The van der Waals surface area contributed by atoms with Gasteiger partial charge < -0.3 is 10.6 Å². The molecule has 1 aliphatic rings. The van der Waals surface area contributed by atoms with Crippen molar-refractivity contribution in [3.8, 4) is 11.3 Å². The smallest absolute Gasteiger partial charge is 0.281 e. The van der Waals surface area contributed by atoms with E-state index in [2.05, 4.69) is 54.2 Å². The number of pyridine rings is 3. The molecule has 9 nitrogen and oxygen atoms in total. The Labute approximate surface area is 213 Å². The number of carbonyl (C=O) groups excluding carboxylic acids is 1. The molecular formula is C26H34N6O3S. The number of nitrogens with zero attached hydrogens (tertiary/aromatic N) is 4. The number of aromatic nitrogens is 3. The van der Waals surface area contributed by atoms with Crippen molar-refractivity contribution in [1.29, 1.82) is 0 Å². The molecule has 4 rings (SSSR count). The second kappa shape index (κ2) is 9.50. The molecule has 192 valence electrons. The number of anilines is 2. The third kappa shape index (κ3) is 5.18. The van der Waals surface area contributed by atoms with E-state index in [-0.39, 0.29) is 29.3 Å². The van der Waals surface area contributed by atoms with Crippen molar-refractivity contribution in [3.63, 3.8) is 0 Å². The largest absolute Gasteiger partial charge is 0.384 e. The number of hydrogen-bond acceptors (Lipinski definition) is 8. The highest BCUT2D eigenvalue weighted by Gasteiger charge is 2.39. The van der Waals surface area contributed by atoms with Crippen molar-refractivity contribution in [3.05, 3.63) is 59.9 Å². The Bertz CT molecular complexity index is 1410. The van der Waals surface area contributed by atoms with E-state index >= 15 is 0 Å². The van der Waals surface area contributed by atoms with Crippen LogP contribution in [0.5, 0.6) is 0 Å². The Hall–Kier alpha value is -3.53. The van der Waals surface area contributed by atoms with Crippen molar-refractivity contribution in [2.45, 2.75) is 57.5 Å². The highest BCUT2D eigenvalue weighted by molar-refractivity contribution is 7.90. The lowest BCUT2D eigenvalue weighted by molar-refractivity contribution is 0.0981.